The maximum absolute atomic E-state index is 12.1. The van der Waals surface area contributed by atoms with Crippen molar-refractivity contribution >= 4 is 11.6 Å². The predicted molar refractivity (Wildman–Crippen MR) is 83.4 cm³/mol. The SMILES string of the molecule is O=C1CCCCN1c1ccccc1OCc1ccccc1. The van der Waals surface area contributed by atoms with Crippen LogP contribution >= 0.6 is 0 Å². The van der Waals surface area contributed by atoms with Crippen LogP contribution in [0.4, 0.5) is 5.69 Å². The summed E-state index contributed by atoms with van der Waals surface area (Å²) in [6.45, 7) is 1.30. The predicted octanol–water partition coefficient (Wildman–Crippen LogP) is 3.78. The molecule has 0 unspecified atom stereocenters. The minimum absolute atomic E-state index is 0.192. The second-order valence-corrected chi connectivity index (χ2v) is 5.24. The molecule has 3 rings (SSSR count). The van der Waals surface area contributed by atoms with Crippen molar-refractivity contribution in [3.05, 3.63) is 60.2 Å². The zero-order valence-corrected chi connectivity index (χ0v) is 12.0. The zero-order chi connectivity index (χ0) is 14.5. The van der Waals surface area contributed by atoms with E-state index in [1.54, 1.807) is 0 Å². The highest BCUT2D eigenvalue weighted by Crippen LogP contribution is 2.31. The summed E-state index contributed by atoms with van der Waals surface area (Å²) < 4.78 is 5.93. The van der Waals surface area contributed by atoms with E-state index in [0.717, 1.165) is 36.4 Å². The fourth-order valence-corrected chi connectivity index (χ4v) is 2.60. The highest BCUT2D eigenvalue weighted by molar-refractivity contribution is 5.95. The van der Waals surface area contributed by atoms with E-state index in [-0.39, 0.29) is 5.91 Å². The molecule has 108 valence electrons. The number of carbonyl (C=O) groups excluding carboxylic acids is 1. The molecule has 1 aliphatic rings. The lowest BCUT2D eigenvalue weighted by molar-refractivity contribution is -0.119. The van der Waals surface area contributed by atoms with Gasteiger partial charge in [0.25, 0.3) is 0 Å². The number of hydrogen-bond donors (Lipinski definition) is 0. The van der Waals surface area contributed by atoms with Gasteiger partial charge in [0.15, 0.2) is 0 Å². The van der Waals surface area contributed by atoms with Crippen LogP contribution in [0.2, 0.25) is 0 Å². The molecule has 0 aliphatic carbocycles. The number of amides is 1. The van der Waals surface area contributed by atoms with Crippen LogP contribution in [0.1, 0.15) is 24.8 Å². The van der Waals surface area contributed by atoms with Crippen LogP contribution in [0.15, 0.2) is 54.6 Å². The Labute approximate surface area is 125 Å². The largest absolute Gasteiger partial charge is 0.487 e. The Morgan fingerprint density at radius 3 is 2.52 bits per heavy atom. The summed E-state index contributed by atoms with van der Waals surface area (Å²) in [5, 5.41) is 0. The topological polar surface area (TPSA) is 29.5 Å². The first kappa shape index (κ1) is 13.7. The lowest BCUT2D eigenvalue weighted by Crippen LogP contribution is -2.35. The van der Waals surface area contributed by atoms with Crippen molar-refractivity contribution in [1.29, 1.82) is 0 Å². The second kappa shape index (κ2) is 6.44. The molecule has 0 spiro atoms. The van der Waals surface area contributed by atoms with Gasteiger partial charge in [-0.3, -0.25) is 4.79 Å². The van der Waals surface area contributed by atoms with Crippen molar-refractivity contribution in [3.8, 4) is 5.75 Å². The van der Waals surface area contributed by atoms with Gasteiger partial charge in [-0.2, -0.15) is 0 Å². The zero-order valence-electron chi connectivity index (χ0n) is 12.0. The number of benzene rings is 2. The van der Waals surface area contributed by atoms with E-state index in [1.807, 2.05) is 59.5 Å². The lowest BCUT2D eigenvalue weighted by Gasteiger charge is -2.28. The van der Waals surface area contributed by atoms with Gasteiger partial charge in [0, 0.05) is 13.0 Å². The Morgan fingerprint density at radius 2 is 1.71 bits per heavy atom. The van der Waals surface area contributed by atoms with Gasteiger partial charge in [-0.25, -0.2) is 0 Å². The van der Waals surface area contributed by atoms with E-state index < -0.39 is 0 Å². The summed E-state index contributed by atoms with van der Waals surface area (Å²) in [6.07, 6.45) is 2.67. The summed E-state index contributed by atoms with van der Waals surface area (Å²) in [5.41, 5.74) is 2.01. The number of nitrogens with zero attached hydrogens (tertiary/aromatic N) is 1. The molecule has 1 heterocycles. The standard InChI is InChI=1S/C18H19NO2/c20-18-12-6-7-13-19(18)16-10-4-5-11-17(16)21-14-15-8-2-1-3-9-15/h1-5,8-11H,6-7,12-14H2. The van der Waals surface area contributed by atoms with E-state index in [4.69, 9.17) is 4.74 Å². The van der Waals surface area contributed by atoms with Crippen LogP contribution in [0.25, 0.3) is 0 Å². The van der Waals surface area contributed by atoms with E-state index in [1.165, 1.54) is 0 Å². The Kier molecular flexibility index (Phi) is 4.20. The first-order chi connectivity index (χ1) is 10.3. The van der Waals surface area contributed by atoms with Crippen LogP contribution in [0.5, 0.6) is 5.75 Å². The third kappa shape index (κ3) is 3.24. The number of hydrogen-bond acceptors (Lipinski definition) is 2. The first-order valence-corrected chi connectivity index (χ1v) is 7.41. The van der Waals surface area contributed by atoms with Crippen LogP contribution in [0, 0.1) is 0 Å². The van der Waals surface area contributed by atoms with Gasteiger partial charge < -0.3 is 9.64 Å². The molecule has 3 heteroatoms. The average molecular weight is 281 g/mol. The minimum atomic E-state index is 0.192. The van der Waals surface area contributed by atoms with Crippen molar-refractivity contribution in [1.82, 2.24) is 0 Å². The number of carbonyl (C=O) groups is 1. The molecule has 1 amide bonds. The number of ether oxygens (including phenoxy) is 1. The van der Waals surface area contributed by atoms with E-state index in [0.29, 0.717) is 13.0 Å². The molecule has 2 aromatic rings. The molecule has 0 bridgehead atoms. The Bertz CT molecular complexity index is 610. The van der Waals surface area contributed by atoms with Crippen molar-refractivity contribution in [2.75, 3.05) is 11.4 Å². The van der Waals surface area contributed by atoms with Crippen molar-refractivity contribution < 1.29 is 9.53 Å². The molecular weight excluding hydrogens is 262 g/mol. The van der Waals surface area contributed by atoms with Crippen molar-refractivity contribution in [2.45, 2.75) is 25.9 Å². The molecule has 21 heavy (non-hydrogen) atoms. The van der Waals surface area contributed by atoms with Gasteiger partial charge in [0.2, 0.25) is 5.91 Å². The van der Waals surface area contributed by atoms with Crippen molar-refractivity contribution in [3.63, 3.8) is 0 Å². The molecule has 2 aromatic carbocycles. The van der Waals surface area contributed by atoms with Crippen molar-refractivity contribution in [2.24, 2.45) is 0 Å². The number of anilines is 1. The summed E-state index contributed by atoms with van der Waals surface area (Å²) >= 11 is 0. The Balaban J connectivity index is 1.77. The number of para-hydroxylation sites is 2. The van der Waals surface area contributed by atoms with Crippen LogP contribution < -0.4 is 9.64 Å². The van der Waals surface area contributed by atoms with Crippen LogP contribution in [-0.2, 0) is 11.4 Å². The fourth-order valence-electron chi connectivity index (χ4n) is 2.60. The van der Waals surface area contributed by atoms with E-state index in [9.17, 15) is 4.79 Å². The molecular formula is C18H19NO2. The highest BCUT2D eigenvalue weighted by atomic mass is 16.5. The number of piperidine rings is 1. The van der Waals surface area contributed by atoms with Crippen LogP contribution in [0.3, 0.4) is 0 Å². The monoisotopic (exact) mass is 281 g/mol. The summed E-state index contributed by atoms with van der Waals surface area (Å²) in [6, 6.07) is 17.8. The first-order valence-electron chi connectivity index (χ1n) is 7.41. The highest BCUT2D eigenvalue weighted by Gasteiger charge is 2.22. The summed E-state index contributed by atoms with van der Waals surface area (Å²) in [5.74, 6) is 0.966. The molecule has 0 aromatic heterocycles. The molecule has 0 radical (unpaired) electrons. The minimum Gasteiger partial charge on any atom is -0.487 e. The molecule has 0 N–H and O–H groups in total. The lowest BCUT2D eigenvalue weighted by atomic mass is 10.1. The van der Waals surface area contributed by atoms with Gasteiger partial charge in [0.1, 0.15) is 12.4 Å². The van der Waals surface area contributed by atoms with Crippen LogP contribution in [-0.4, -0.2) is 12.5 Å². The van der Waals surface area contributed by atoms with Gasteiger partial charge in [-0.15, -0.1) is 0 Å². The Morgan fingerprint density at radius 1 is 0.952 bits per heavy atom. The number of rotatable bonds is 4. The fraction of sp³-hybridized carbons (Fsp3) is 0.278. The van der Waals surface area contributed by atoms with Gasteiger partial charge in [0.05, 0.1) is 5.69 Å². The quantitative estimate of drug-likeness (QED) is 0.853. The van der Waals surface area contributed by atoms with Gasteiger partial charge in [-0.1, -0.05) is 42.5 Å². The molecule has 0 saturated carbocycles. The molecule has 3 nitrogen and oxygen atoms in total. The smallest absolute Gasteiger partial charge is 0.227 e. The van der Waals surface area contributed by atoms with Gasteiger partial charge in [-0.05, 0) is 30.5 Å². The average Bonchev–Trinajstić information content (AvgIpc) is 2.55. The third-order valence-electron chi connectivity index (χ3n) is 3.72. The maximum Gasteiger partial charge on any atom is 0.227 e. The van der Waals surface area contributed by atoms with E-state index in [2.05, 4.69) is 0 Å². The van der Waals surface area contributed by atoms with Gasteiger partial charge >= 0.3 is 0 Å². The normalized spacial score (nSPS) is 15.0. The maximum atomic E-state index is 12.1. The second-order valence-electron chi connectivity index (χ2n) is 5.24. The molecule has 1 fully saturated rings. The summed E-state index contributed by atoms with van der Waals surface area (Å²) in [7, 11) is 0. The summed E-state index contributed by atoms with van der Waals surface area (Å²) in [4.78, 5) is 13.9. The molecule has 1 saturated heterocycles. The Hall–Kier alpha value is -2.29. The molecule has 0 atom stereocenters. The van der Waals surface area contributed by atoms with E-state index >= 15 is 0 Å². The molecule has 1 aliphatic heterocycles. The third-order valence-corrected chi connectivity index (χ3v) is 3.72.